The van der Waals surface area contributed by atoms with E-state index >= 15 is 0 Å². The van der Waals surface area contributed by atoms with Gasteiger partial charge in [-0.25, -0.2) is 9.48 Å². The van der Waals surface area contributed by atoms with Crippen molar-refractivity contribution < 1.29 is 9.53 Å². The van der Waals surface area contributed by atoms with Gasteiger partial charge in [0.15, 0.2) is 0 Å². The van der Waals surface area contributed by atoms with Gasteiger partial charge in [-0.2, -0.15) is 5.10 Å². The lowest BCUT2D eigenvalue weighted by atomic mass is 10.2. The van der Waals surface area contributed by atoms with E-state index in [0.717, 1.165) is 22.6 Å². The summed E-state index contributed by atoms with van der Waals surface area (Å²) in [5.74, 6) is -0.413. The second-order valence-corrected chi connectivity index (χ2v) is 5.43. The molecule has 0 bridgehead atoms. The first-order chi connectivity index (χ1) is 11.6. The third kappa shape index (κ3) is 2.99. The third-order valence-electron chi connectivity index (χ3n) is 3.75. The molecular formula is C18H18N4O2. The van der Waals surface area contributed by atoms with Gasteiger partial charge in [0.2, 0.25) is 0 Å². The highest BCUT2D eigenvalue weighted by atomic mass is 16.5. The number of hydrogen-bond acceptors (Lipinski definition) is 5. The molecule has 0 amide bonds. The van der Waals surface area contributed by atoms with Gasteiger partial charge in [-0.05, 0) is 37.6 Å². The van der Waals surface area contributed by atoms with Gasteiger partial charge in [-0.3, -0.25) is 4.98 Å². The van der Waals surface area contributed by atoms with Gasteiger partial charge in [0.05, 0.1) is 47.8 Å². The Morgan fingerprint density at radius 2 is 2.00 bits per heavy atom. The number of benzene rings is 1. The SMILES string of the molecule is COC(=O)c1ccncc1Nc1cnn(-c2cccc(C)c2)c1C. The number of pyridine rings is 1. The first-order valence-corrected chi connectivity index (χ1v) is 7.51. The highest BCUT2D eigenvalue weighted by molar-refractivity contribution is 5.96. The van der Waals surface area contributed by atoms with Crippen LogP contribution in [0.1, 0.15) is 21.6 Å². The fraction of sp³-hybridized carbons (Fsp3) is 0.167. The zero-order valence-electron chi connectivity index (χ0n) is 13.8. The topological polar surface area (TPSA) is 69.0 Å². The summed E-state index contributed by atoms with van der Waals surface area (Å²) in [7, 11) is 1.35. The molecule has 0 fully saturated rings. The number of aromatic nitrogens is 3. The maximum atomic E-state index is 11.9. The Morgan fingerprint density at radius 1 is 1.17 bits per heavy atom. The molecule has 0 aliphatic carbocycles. The summed E-state index contributed by atoms with van der Waals surface area (Å²) in [4.78, 5) is 15.9. The van der Waals surface area contributed by atoms with E-state index in [2.05, 4.69) is 21.5 Å². The van der Waals surface area contributed by atoms with Crippen LogP contribution < -0.4 is 5.32 Å². The van der Waals surface area contributed by atoms with Crippen LogP contribution in [0.3, 0.4) is 0 Å². The van der Waals surface area contributed by atoms with Crippen LogP contribution in [0.5, 0.6) is 0 Å². The monoisotopic (exact) mass is 322 g/mol. The Labute approximate surface area is 140 Å². The number of hydrogen-bond donors (Lipinski definition) is 1. The van der Waals surface area contributed by atoms with Gasteiger partial charge in [0, 0.05) is 6.20 Å². The molecule has 0 saturated heterocycles. The highest BCUT2D eigenvalue weighted by Gasteiger charge is 2.14. The van der Waals surface area contributed by atoms with Crippen molar-refractivity contribution in [2.45, 2.75) is 13.8 Å². The predicted molar refractivity (Wildman–Crippen MR) is 91.9 cm³/mol. The third-order valence-corrected chi connectivity index (χ3v) is 3.75. The number of nitrogens with one attached hydrogen (secondary N) is 1. The van der Waals surface area contributed by atoms with Crippen molar-refractivity contribution in [3.8, 4) is 5.69 Å². The highest BCUT2D eigenvalue weighted by Crippen LogP contribution is 2.25. The van der Waals surface area contributed by atoms with Crippen LogP contribution in [0, 0.1) is 13.8 Å². The second-order valence-electron chi connectivity index (χ2n) is 5.43. The molecule has 6 heteroatoms. The van der Waals surface area contributed by atoms with Crippen molar-refractivity contribution in [3.05, 3.63) is 65.7 Å². The maximum absolute atomic E-state index is 11.9. The minimum Gasteiger partial charge on any atom is -0.465 e. The Bertz CT molecular complexity index is 886. The summed E-state index contributed by atoms with van der Waals surface area (Å²) in [6.07, 6.45) is 4.88. The number of methoxy groups -OCH3 is 1. The van der Waals surface area contributed by atoms with Crippen LogP contribution in [-0.4, -0.2) is 27.8 Å². The van der Waals surface area contributed by atoms with E-state index < -0.39 is 5.97 Å². The maximum Gasteiger partial charge on any atom is 0.340 e. The molecular weight excluding hydrogens is 304 g/mol. The van der Waals surface area contributed by atoms with Gasteiger partial charge >= 0.3 is 5.97 Å². The molecule has 0 spiro atoms. The fourth-order valence-electron chi connectivity index (χ4n) is 2.48. The quantitative estimate of drug-likeness (QED) is 0.745. The molecule has 2 heterocycles. The zero-order valence-corrected chi connectivity index (χ0v) is 13.8. The van der Waals surface area contributed by atoms with Crippen LogP contribution in [-0.2, 0) is 4.74 Å². The number of aryl methyl sites for hydroxylation is 1. The number of anilines is 2. The normalized spacial score (nSPS) is 10.5. The average molecular weight is 322 g/mol. The first kappa shape index (κ1) is 15.7. The molecule has 6 nitrogen and oxygen atoms in total. The molecule has 3 aromatic rings. The van der Waals surface area contributed by atoms with Gasteiger partial charge in [-0.15, -0.1) is 0 Å². The number of nitrogens with zero attached hydrogens (tertiary/aromatic N) is 3. The Balaban J connectivity index is 1.95. The minimum atomic E-state index is -0.413. The van der Waals surface area contributed by atoms with Crippen LogP contribution in [0.4, 0.5) is 11.4 Å². The summed E-state index contributed by atoms with van der Waals surface area (Å²) in [6.45, 7) is 4.01. The first-order valence-electron chi connectivity index (χ1n) is 7.51. The van der Waals surface area contributed by atoms with Gasteiger partial charge < -0.3 is 10.1 Å². The second kappa shape index (κ2) is 6.54. The molecule has 0 aliphatic heterocycles. The molecule has 1 aromatic carbocycles. The van der Waals surface area contributed by atoms with E-state index in [1.54, 1.807) is 24.7 Å². The van der Waals surface area contributed by atoms with Crippen molar-refractivity contribution in [1.82, 2.24) is 14.8 Å². The van der Waals surface area contributed by atoms with Crippen molar-refractivity contribution in [1.29, 1.82) is 0 Å². The average Bonchev–Trinajstić information content (AvgIpc) is 2.95. The van der Waals surface area contributed by atoms with Crippen LogP contribution in [0.2, 0.25) is 0 Å². The molecule has 0 radical (unpaired) electrons. The molecule has 0 aliphatic rings. The minimum absolute atomic E-state index is 0.413. The summed E-state index contributed by atoms with van der Waals surface area (Å²) < 4.78 is 6.66. The predicted octanol–water partition coefficient (Wildman–Crippen LogP) is 3.41. The Morgan fingerprint density at radius 3 is 2.75 bits per heavy atom. The van der Waals surface area contributed by atoms with Crippen molar-refractivity contribution in [2.24, 2.45) is 0 Å². The van der Waals surface area contributed by atoms with Crippen molar-refractivity contribution in [2.75, 3.05) is 12.4 Å². The van der Waals surface area contributed by atoms with E-state index in [4.69, 9.17) is 4.74 Å². The van der Waals surface area contributed by atoms with Crippen molar-refractivity contribution in [3.63, 3.8) is 0 Å². The van der Waals surface area contributed by atoms with Gasteiger partial charge in [-0.1, -0.05) is 12.1 Å². The number of rotatable bonds is 4. The lowest BCUT2D eigenvalue weighted by molar-refractivity contribution is 0.0602. The van der Waals surface area contributed by atoms with E-state index in [9.17, 15) is 4.79 Å². The van der Waals surface area contributed by atoms with Crippen LogP contribution >= 0.6 is 0 Å². The summed E-state index contributed by atoms with van der Waals surface area (Å²) in [6, 6.07) is 9.72. The molecule has 2 aromatic heterocycles. The molecule has 1 N–H and O–H groups in total. The van der Waals surface area contributed by atoms with Gasteiger partial charge in [0.25, 0.3) is 0 Å². The molecule has 3 rings (SSSR count). The number of ether oxygens (including phenoxy) is 1. The summed E-state index contributed by atoms with van der Waals surface area (Å²) in [5, 5.41) is 7.65. The fourth-order valence-corrected chi connectivity index (χ4v) is 2.48. The molecule has 0 atom stereocenters. The number of esters is 1. The van der Waals surface area contributed by atoms with E-state index in [0.29, 0.717) is 11.3 Å². The number of carbonyl (C=O) groups is 1. The largest absolute Gasteiger partial charge is 0.465 e. The Hall–Kier alpha value is -3.15. The molecule has 0 saturated carbocycles. The zero-order chi connectivity index (χ0) is 17.1. The lowest BCUT2D eigenvalue weighted by Crippen LogP contribution is -2.06. The smallest absolute Gasteiger partial charge is 0.340 e. The number of carbonyl (C=O) groups excluding carboxylic acids is 1. The van der Waals surface area contributed by atoms with E-state index in [-0.39, 0.29) is 0 Å². The van der Waals surface area contributed by atoms with Crippen molar-refractivity contribution >= 4 is 17.3 Å². The molecule has 122 valence electrons. The van der Waals surface area contributed by atoms with Crippen LogP contribution in [0.15, 0.2) is 48.9 Å². The lowest BCUT2D eigenvalue weighted by Gasteiger charge is -2.10. The summed E-state index contributed by atoms with van der Waals surface area (Å²) >= 11 is 0. The van der Waals surface area contributed by atoms with Crippen LogP contribution in [0.25, 0.3) is 5.69 Å². The molecule has 0 unspecified atom stereocenters. The van der Waals surface area contributed by atoms with E-state index in [1.165, 1.54) is 7.11 Å². The Kier molecular flexibility index (Phi) is 4.29. The standard InChI is InChI=1S/C18H18N4O2/c1-12-5-4-6-14(9-12)22-13(2)16(11-20-22)21-17-10-19-8-7-15(17)18(23)24-3/h4-11,21H,1-3H3. The summed E-state index contributed by atoms with van der Waals surface area (Å²) in [5.41, 5.74) is 4.89. The molecule has 24 heavy (non-hydrogen) atoms. The van der Waals surface area contributed by atoms with E-state index in [1.807, 2.05) is 36.7 Å². The van der Waals surface area contributed by atoms with Gasteiger partial charge in [0.1, 0.15) is 0 Å².